The summed E-state index contributed by atoms with van der Waals surface area (Å²) in [5.74, 6) is 1.15. The summed E-state index contributed by atoms with van der Waals surface area (Å²) in [5.41, 5.74) is 1.57. The average Bonchev–Trinajstić information content (AvgIpc) is 3.30. The number of hydrogen-bond donors (Lipinski definition) is 3. The number of carbonyl (C=O) groups excluding carboxylic acids is 1. The van der Waals surface area contributed by atoms with Crippen molar-refractivity contribution in [2.75, 3.05) is 22.6 Å². The summed E-state index contributed by atoms with van der Waals surface area (Å²) in [6, 6.07) is 5.12. The highest BCUT2D eigenvalue weighted by atomic mass is 32.2. The molecule has 29 heavy (non-hydrogen) atoms. The number of amides is 1. The quantitative estimate of drug-likeness (QED) is 0.483. The molecule has 1 fully saturated rings. The van der Waals surface area contributed by atoms with Crippen LogP contribution in [0.3, 0.4) is 0 Å². The standard InChI is InChI=1S/C17H20N6O4S2/c1-23-14(6-10-4-5-29(26,27)9-10)21-22-17(23)28-8-15(24)18-11-2-3-12-13(7-11)20-16(25)19-12/h2-3,7,10H,4-6,8-9H2,1H3,(H,18,24)(H2,19,20,25)/t10-/m1/s1. The molecule has 1 amide bonds. The van der Waals surface area contributed by atoms with Gasteiger partial charge in [-0.1, -0.05) is 11.8 Å². The van der Waals surface area contributed by atoms with Crippen molar-refractivity contribution in [2.24, 2.45) is 13.0 Å². The lowest BCUT2D eigenvalue weighted by Gasteiger charge is -2.08. The van der Waals surface area contributed by atoms with Gasteiger partial charge in [-0.3, -0.25) is 4.79 Å². The smallest absolute Gasteiger partial charge is 0.323 e. The zero-order chi connectivity index (χ0) is 20.6. The Morgan fingerprint density at radius 2 is 2.10 bits per heavy atom. The van der Waals surface area contributed by atoms with Crippen LogP contribution in [-0.4, -0.2) is 56.3 Å². The number of rotatable bonds is 6. The average molecular weight is 437 g/mol. The van der Waals surface area contributed by atoms with Gasteiger partial charge in [0.05, 0.1) is 28.3 Å². The number of aromatic nitrogens is 5. The predicted molar refractivity (Wildman–Crippen MR) is 110 cm³/mol. The Morgan fingerprint density at radius 3 is 2.86 bits per heavy atom. The van der Waals surface area contributed by atoms with E-state index in [9.17, 15) is 18.0 Å². The normalized spacial score (nSPS) is 18.3. The zero-order valence-electron chi connectivity index (χ0n) is 15.6. The highest BCUT2D eigenvalue weighted by Gasteiger charge is 2.29. The van der Waals surface area contributed by atoms with E-state index in [0.29, 0.717) is 34.7 Å². The van der Waals surface area contributed by atoms with E-state index < -0.39 is 9.84 Å². The van der Waals surface area contributed by atoms with E-state index in [2.05, 4.69) is 25.5 Å². The molecule has 2 aromatic heterocycles. The van der Waals surface area contributed by atoms with Gasteiger partial charge in [0, 0.05) is 19.2 Å². The molecule has 10 nitrogen and oxygen atoms in total. The minimum absolute atomic E-state index is 0.0684. The highest BCUT2D eigenvalue weighted by molar-refractivity contribution is 7.99. The second kappa shape index (κ2) is 7.67. The number of anilines is 1. The highest BCUT2D eigenvalue weighted by Crippen LogP contribution is 2.24. The molecule has 1 aromatic carbocycles. The number of hydrogen-bond acceptors (Lipinski definition) is 7. The molecular weight excluding hydrogens is 416 g/mol. The molecular formula is C17H20N6O4S2. The van der Waals surface area contributed by atoms with Gasteiger partial charge in [-0.2, -0.15) is 0 Å². The van der Waals surface area contributed by atoms with Crippen LogP contribution in [0.15, 0.2) is 28.2 Å². The maximum atomic E-state index is 12.3. The van der Waals surface area contributed by atoms with E-state index in [-0.39, 0.29) is 34.8 Å². The maximum absolute atomic E-state index is 12.3. The second-order valence-electron chi connectivity index (χ2n) is 7.11. The van der Waals surface area contributed by atoms with E-state index in [1.807, 2.05) is 7.05 Å². The van der Waals surface area contributed by atoms with Gasteiger partial charge in [-0.05, 0) is 30.5 Å². The van der Waals surface area contributed by atoms with Crippen LogP contribution < -0.4 is 11.0 Å². The predicted octanol–water partition coefficient (Wildman–Crippen LogP) is 0.693. The molecule has 0 unspecified atom stereocenters. The second-order valence-corrected chi connectivity index (χ2v) is 10.3. The van der Waals surface area contributed by atoms with Crippen molar-refractivity contribution in [1.29, 1.82) is 0 Å². The van der Waals surface area contributed by atoms with Crippen LogP contribution in [0.25, 0.3) is 11.0 Å². The van der Waals surface area contributed by atoms with Gasteiger partial charge in [0.25, 0.3) is 0 Å². The van der Waals surface area contributed by atoms with Crippen LogP contribution in [0.5, 0.6) is 0 Å². The number of benzene rings is 1. The maximum Gasteiger partial charge on any atom is 0.323 e. The fourth-order valence-electron chi connectivity index (χ4n) is 3.38. The SMILES string of the molecule is Cn1c(C[C@H]2CCS(=O)(=O)C2)nnc1SCC(=O)Nc1ccc2[nH]c(=O)[nH]c2c1. The van der Waals surface area contributed by atoms with Gasteiger partial charge in [0.1, 0.15) is 5.82 Å². The Balaban J connectivity index is 1.34. The van der Waals surface area contributed by atoms with Crippen LogP contribution in [0.2, 0.25) is 0 Å². The molecule has 12 heteroatoms. The Kier molecular flexibility index (Phi) is 5.21. The molecule has 0 spiro atoms. The van der Waals surface area contributed by atoms with E-state index in [1.165, 1.54) is 11.8 Å². The van der Waals surface area contributed by atoms with Crippen molar-refractivity contribution >= 4 is 44.2 Å². The molecule has 1 aliphatic rings. The molecule has 1 atom stereocenters. The minimum Gasteiger partial charge on any atom is -0.325 e. The molecule has 3 aromatic rings. The summed E-state index contributed by atoms with van der Waals surface area (Å²) in [6.45, 7) is 0. The summed E-state index contributed by atoms with van der Waals surface area (Å²) in [6.07, 6.45) is 1.21. The number of aromatic amines is 2. The Labute approximate surface area is 170 Å². The van der Waals surface area contributed by atoms with Crippen molar-refractivity contribution in [3.63, 3.8) is 0 Å². The lowest BCUT2D eigenvalue weighted by molar-refractivity contribution is -0.113. The Morgan fingerprint density at radius 1 is 1.31 bits per heavy atom. The number of nitrogens with zero attached hydrogens (tertiary/aromatic N) is 3. The fraction of sp³-hybridized carbons (Fsp3) is 0.412. The van der Waals surface area contributed by atoms with Crippen molar-refractivity contribution in [3.05, 3.63) is 34.5 Å². The van der Waals surface area contributed by atoms with Crippen LogP contribution in [0, 0.1) is 5.92 Å². The summed E-state index contributed by atoms with van der Waals surface area (Å²) in [7, 11) is -1.11. The minimum atomic E-state index is -2.92. The summed E-state index contributed by atoms with van der Waals surface area (Å²) in [4.78, 5) is 28.9. The molecule has 0 bridgehead atoms. The van der Waals surface area contributed by atoms with E-state index >= 15 is 0 Å². The molecule has 0 aliphatic carbocycles. The van der Waals surface area contributed by atoms with Gasteiger partial charge in [0.2, 0.25) is 5.91 Å². The lowest BCUT2D eigenvalue weighted by Crippen LogP contribution is -2.14. The van der Waals surface area contributed by atoms with E-state index in [4.69, 9.17) is 0 Å². The number of fused-ring (bicyclic) bond motifs is 1. The molecule has 0 radical (unpaired) electrons. The number of sulfone groups is 1. The van der Waals surface area contributed by atoms with Crippen molar-refractivity contribution in [2.45, 2.75) is 18.0 Å². The third kappa shape index (κ3) is 4.53. The molecule has 154 valence electrons. The van der Waals surface area contributed by atoms with Gasteiger partial charge < -0.3 is 19.9 Å². The largest absolute Gasteiger partial charge is 0.325 e. The molecule has 4 rings (SSSR count). The van der Waals surface area contributed by atoms with Crippen LogP contribution in [0.4, 0.5) is 5.69 Å². The van der Waals surface area contributed by atoms with Crippen molar-refractivity contribution < 1.29 is 13.2 Å². The zero-order valence-corrected chi connectivity index (χ0v) is 17.3. The van der Waals surface area contributed by atoms with Gasteiger partial charge in [0.15, 0.2) is 15.0 Å². The Bertz CT molecular complexity index is 1230. The van der Waals surface area contributed by atoms with Gasteiger partial charge >= 0.3 is 5.69 Å². The van der Waals surface area contributed by atoms with Crippen LogP contribution in [0.1, 0.15) is 12.2 Å². The topological polar surface area (TPSA) is 143 Å². The van der Waals surface area contributed by atoms with Crippen LogP contribution in [-0.2, 0) is 28.1 Å². The summed E-state index contributed by atoms with van der Waals surface area (Å²) in [5, 5.41) is 11.7. The number of nitrogens with one attached hydrogen (secondary N) is 3. The van der Waals surface area contributed by atoms with Crippen molar-refractivity contribution in [1.82, 2.24) is 24.7 Å². The summed E-state index contributed by atoms with van der Waals surface area (Å²) < 4.78 is 25.0. The van der Waals surface area contributed by atoms with Gasteiger partial charge in [-0.15, -0.1) is 10.2 Å². The fourth-order valence-corrected chi connectivity index (χ4v) is 5.97. The third-order valence-corrected chi connectivity index (χ3v) is 7.71. The van der Waals surface area contributed by atoms with Crippen molar-refractivity contribution in [3.8, 4) is 0 Å². The van der Waals surface area contributed by atoms with Crippen LogP contribution >= 0.6 is 11.8 Å². The first kappa shape index (κ1) is 19.7. The molecule has 3 N–H and O–H groups in total. The molecule has 0 saturated carbocycles. The number of carbonyl (C=O) groups is 1. The molecule has 1 aliphatic heterocycles. The van der Waals surface area contributed by atoms with Gasteiger partial charge in [-0.25, -0.2) is 13.2 Å². The number of thioether (sulfide) groups is 1. The third-order valence-electron chi connectivity index (χ3n) is 4.86. The van der Waals surface area contributed by atoms with E-state index in [1.54, 1.807) is 22.8 Å². The molecule has 1 saturated heterocycles. The number of imidazole rings is 1. The Hall–Kier alpha value is -2.60. The number of H-pyrrole nitrogens is 2. The lowest BCUT2D eigenvalue weighted by atomic mass is 10.1. The first-order valence-electron chi connectivity index (χ1n) is 9.02. The summed E-state index contributed by atoms with van der Waals surface area (Å²) >= 11 is 1.26. The molecule has 3 heterocycles. The first-order chi connectivity index (χ1) is 13.8. The van der Waals surface area contributed by atoms with E-state index in [0.717, 1.165) is 5.82 Å². The monoisotopic (exact) mass is 436 g/mol. The first-order valence-corrected chi connectivity index (χ1v) is 11.8.